The summed E-state index contributed by atoms with van der Waals surface area (Å²) < 4.78 is 0. The molecule has 5 rings (SSSR count). The number of nitrogens with one attached hydrogen (secondary N) is 1. The molecule has 0 aromatic carbocycles. The normalized spacial score (nSPS) is 58.2. The molecule has 0 aromatic heterocycles. The molecule has 0 radical (unpaired) electrons. The van der Waals surface area contributed by atoms with Crippen molar-refractivity contribution in [3.05, 3.63) is 0 Å². The minimum absolute atomic E-state index is 0.122. The number of fused-ring (bicyclic) bond motifs is 5. The smallest absolute Gasteiger partial charge is 0.0698 e. The zero-order valence-corrected chi connectivity index (χ0v) is 20.4. The first-order valence-corrected chi connectivity index (χ1v) is 13.5. The predicted octanol–water partition coefficient (Wildman–Crippen LogP) is 3.94. The Kier molecular flexibility index (Phi) is 5.81. The van der Waals surface area contributed by atoms with E-state index in [0.29, 0.717) is 35.1 Å². The van der Waals surface area contributed by atoms with Gasteiger partial charge in [0.25, 0.3) is 0 Å². The van der Waals surface area contributed by atoms with Crippen LogP contribution in [0.4, 0.5) is 0 Å². The number of hydrogen-bond donors (Lipinski definition) is 4. The highest BCUT2D eigenvalue weighted by molar-refractivity contribution is 5.13. The third kappa shape index (κ3) is 3.45. The average molecular weight is 433 g/mol. The summed E-state index contributed by atoms with van der Waals surface area (Å²) in [7, 11) is 0. The molecule has 31 heavy (non-hydrogen) atoms. The standard InChI is InChI=1S/C27H48N2O2/c1-15-11-23(31)25(29-14-15)16(2)24-22(30)13-21-19-6-5-17-12-18(28)7-9-26(17,3)20(19)8-10-27(21,24)4/h15-25,29-31H,5-14,28H2,1-4H3/t15-,16+,17+,18+,19-,20+,21+,22-,23-,24+,25+,26+,27+/m1/s1. The lowest BCUT2D eigenvalue weighted by atomic mass is 9.44. The molecule has 13 atom stereocenters. The highest BCUT2D eigenvalue weighted by Crippen LogP contribution is 2.68. The highest BCUT2D eigenvalue weighted by atomic mass is 16.3. The fourth-order valence-electron chi connectivity index (χ4n) is 10.2. The van der Waals surface area contributed by atoms with Crippen LogP contribution in [0, 0.1) is 52.3 Å². The van der Waals surface area contributed by atoms with Gasteiger partial charge < -0.3 is 21.3 Å². The Morgan fingerprint density at radius 1 is 0.903 bits per heavy atom. The second-order valence-corrected chi connectivity index (χ2v) is 13.3. The fourth-order valence-corrected chi connectivity index (χ4v) is 10.2. The molecule has 4 heteroatoms. The molecule has 0 unspecified atom stereocenters. The van der Waals surface area contributed by atoms with Crippen molar-refractivity contribution >= 4 is 0 Å². The van der Waals surface area contributed by atoms with Crippen molar-refractivity contribution in [3.63, 3.8) is 0 Å². The number of aliphatic hydroxyl groups is 2. The second kappa shape index (κ2) is 7.96. The maximum Gasteiger partial charge on any atom is 0.0698 e. The molecule has 5 N–H and O–H groups in total. The third-order valence-corrected chi connectivity index (χ3v) is 11.7. The van der Waals surface area contributed by atoms with E-state index < -0.39 is 0 Å². The molecular formula is C27H48N2O2. The summed E-state index contributed by atoms with van der Waals surface area (Å²) in [4.78, 5) is 0. The predicted molar refractivity (Wildman–Crippen MR) is 125 cm³/mol. The van der Waals surface area contributed by atoms with E-state index in [2.05, 4.69) is 33.0 Å². The van der Waals surface area contributed by atoms with Gasteiger partial charge in [-0.2, -0.15) is 0 Å². The molecule has 0 amide bonds. The molecule has 4 nitrogen and oxygen atoms in total. The van der Waals surface area contributed by atoms with Crippen molar-refractivity contribution in [2.24, 2.45) is 58.0 Å². The van der Waals surface area contributed by atoms with Gasteiger partial charge in [-0.25, -0.2) is 0 Å². The van der Waals surface area contributed by atoms with Crippen molar-refractivity contribution in [1.82, 2.24) is 5.32 Å². The molecule has 0 aromatic rings. The number of aliphatic hydroxyl groups excluding tert-OH is 2. The van der Waals surface area contributed by atoms with E-state index in [1.165, 1.54) is 44.9 Å². The minimum atomic E-state index is -0.286. The Bertz CT molecular complexity index is 672. The summed E-state index contributed by atoms with van der Waals surface area (Å²) in [5, 5.41) is 25.9. The molecule has 0 bridgehead atoms. The molecule has 5 aliphatic rings. The SMILES string of the molecule is C[C@H]1CN[C@@H]([C@@H](C)[C@H]2[C@H](O)C[C@H]3[C@@H]4CC[C@H]5C[C@@H](N)CC[C@]5(C)[C@H]4CC[C@]23C)[C@H](O)C1. The monoisotopic (exact) mass is 432 g/mol. The quantitative estimate of drug-likeness (QED) is 0.533. The molecule has 5 fully saturated rings. The van der Waals surface area contributed by atoms with Gasteiger partial charge in [0.2, 0.25) is 0 Å². The van der Waals surface area contributed by atoms with Gasteiger partial charge >= 0.3 is 0 Å². The second-order valence-electron chi connectivity index (χ2n) is 13.3. The Hall–Kier alpha value is -0.160. The summed E-state index contributed by atoms with van der Waals surface area (Å²) in [6.45, 7) is 10.6. The summed E-state index contributed by atoms with van der Waals surface area (Å²) in [6.07, 6.45) is 10.4. The van der Waals surface area contributed by atoms with Gasteiger partial charge in [-0.15, -0.1) is 0 Å². The number of nitrogens with two attached hydrogens (primary N) is 1. The third-order valence-electron chi connectivity index (χ3n) is 11.7. The van der Waals surface area contributed by atoms with E-state index >= 15 is 0 Å². The Balaban J connectivity index is 1.38. The molecule has 1 aliphatic heterocycles. The van der Waals surface area contributed by atoms with Crippen LogP contribution < -0.4 is 11.1 Å². The summed E-state index contributed by atoms with van der Waals surface area (Å²) in [6, 6.07) is 0.538. The van der Waals surface area contributed by atoms with Gasteiger partial charge in [0, 0.05) is 12.1 Å². The van der Waals surface area contributed by atoms with E-state index in [1.807, 2.05) is 0 Å². The maximum atomic E-state index is 11.4. The summed E-state index contributed by atoms with van der Waals surface area (Å²) >= 11 is 0. The van der Waals surface area contributed by atoms with Crippen LogP contribution in [0.2, 0.25) is 0 Å². The van der Waals surface area contributed by atoms with Crippen molar-refractivity contribution in [2.75, 3.05) is 6.54 Å². The van der Waals surface area contributed by atoms with Crippen LogP contribution in [0.25, 0.3) is 0 Å². The summed E-state index contributed by atoms with van der Waals surface area (Å²) in [5.41, 5.74) is 7.05. The van der Waals surface area contributed by atoms with E-state index in [0.717, 1.165) is 37.1 Å². The first kappa shape index (κ1) is 22.6. The van der Waals surface area contributed by atoms with Crippen molar-refractivity contribution in [2.45, 2.75) is 110 Å². The first-order chi connectivity index (χ1) is 14.6. The Labute approximate surface area is 190 Å². The first-order valence-electron chi connectivity index (χ1n) is 13.5. The number of piperidine rings is 1. The van der Waals surface area contributed by atoms with Gasteiger partial charge in [-0.05, 0) is 117 Å². The fraction of sp³-hybridized carbons (Fsp3) is 1.00. The summed E-state index contributed by atoms with van der Waals surface area (Å²) in [5.74, 6) is 4.18. The van der Waals surface area contributed by atoms with Gasteiger partial charge in [-0.1, -0.05) is 27.7 Å². The molecular weight excluding hydrogens is 384 g/mol. The van der Waals surface area contributed by atoms with Crippen LogP contribution in [0.3, 0.4) is 0 Å². The topological polar surface area (TPSA) is 78.5 Å². The van der Waals surface area contributed by atoms with Crippen LogP contribution in [0.1, 0.15) is 85.5 Å². The zero-order valence-electron chi connectivity index (χ0n) is 20.4. The zero-order chi connectivity index (χ0) is 22.1. The molecule has 0 spiro atoms. The van der Waals surface area contributed by atoms with Crippen molar-refractivity contribution < 1.29 is 10.2 Å². The van der Waals surface area contributed by atoms with Crippen molar-refractivity contribution in [3.8, 4) is 0 Å². The Morgan fingerprint density at radius 3 is 2.39 bits per heavy atom. The van der Waals surface area contributed by atoms with Crippen LogP contribution in [-0.4, -0.2) is 41.0 Å². The van der Waals surface area contributed by atoms with Gasteiger partial charge in [0.05, 0.1) is 12.2 Å². The Morgan fingerprint density at radius 2 is 1.65 bits per heavy atom. The molecule has 4 aliphatic carbocycles. The minimum Gasteiger partial charge on any atom is -0.393 e. The maximum absolute atomic E-state index is 11.4. The van der Waals surface area contributed by atoms with Crippen LogP contribution in [0.5, 0.6) is 0 Å². The van der Waals surface area contributed by atoms with E-state index in [1.54, 1.807) is 0 Å². The van der Waals surface area contributed by atoms with E-state index in [-0.39, 0.29) is 23.7 Å². The van der Waals surface area contributed by atoms with Crippen LogP contribution >= 0.6 is 0 Å². The highest BCUT2D eigenvalue weighted by Gasteiger charge is 2.63. The largest absolute Gasteiger partial charge is 0.393 e. The molecule has 4 saturated carbocycles. The molecule has 1 heterocycles. The van der Waals surface area contributed by atoms with Crippen LogP contribution in [-0.2, 0) is 0 Å². The van der Waals surface area contributed by atoms with Gasteiger partial charge in [-0.3, -0.25) is 0 Å². The molecule has 178 valence electrons. The lowest BCUT2D eigenvalue weighted by Crippen LogP contribution is -2.57. The molecule has 1 saturated heterocycles. The van der Waals surface area contributed by atoms with Gasteiger partial charge in [0.15, 0.2) is 0 Å². The average Bonchev–Trinajstić information content (AvgIpc) is 2.98. The van der Waals surface area contributed by atoms with Crippen molar-refractivity contribution in [1.29, 1.82) is 0 Å². The number of rotatable bonds is 2. The number of hydrogen-bond acceptors (Lipinski definition) is 4. The van der Waals surface area contributed by atoms with Gasteiger partial charge in [0.1, 0.15) is 0 Å². The van der Waals surface area contributed by atoms with E-state index in [4.69, 9.17) is 5.73 Å². The van der Waals surface area contributed by atoms with E-state index in [9.17, 15) is 10.2 Å². The lowest BCUT2D eigenvalue weighted by Gasteiger charge is -2.61. The van der Waals surface area contributed by atoms with Crippen LogP contribution in [0.15, 0.2) is 0 Å². The lowest BCUT2D eigenvalue weighted by molar-refractivity contribution is -0.120.